The number of hydrogen-bond acceptors (Lipinski definition) is 7. The highest BCUT2D eigenvalue weighted by molar-refractivity contribution is 7.15. The van der Waals surface area contributed by atoms with E-state index in [4.69, 9.17) is 0 Å². The minimum Gasteiger partial charge on any atom is -0.390 e. The van der Waals surface area contributed by atoms with Crippen LogP contribution in [0.4, 0.5) is 11.1 Å². The van der Waals surface area contributed by atoms with Crippen LogP contribution < -0.4 is 5.32 Å². The predicted octanol–water partition coefficient (Wildman–Crippen LogP) is 1.51. The van der Waals surface area contributed by atoms with Crippen molar-refractivity contribution in [3.63, 3.8) is 0 Å². The van der Waals surface area contributed by atoms with Gasteiger partial charge in [0.25, 0.3) is 0 Å². The van der Waals surface area contributed by atoms with Gasteiger partial charge in [-0.25, -0.2) is 4.98 Å². The Kier molecular flexibility index (Phi) is 3.82. The maximum Gasteiger partial charge on any atom is 0.490 e. The van der Waals surface area contributed by atoms with Crippen molar-refractivity contribution in [2.75, 3.05) is 11.9 Å². The van der Waals surface area contributed by atoms with Gasteiger partial charge in [0.05, 0.1) is 6.54 Å². The smallest absolute Gasteiger partial charge is 0.390 e. The minimum atomic E-state index is -0.614. The van der Waals surface area contributed by atoms with Crippen LogP contribution in [0.2, 0.25) is 0 Å². The number of rotatable bonds is 6. The van der Waals surface area contributed by atoms with Crippen LogP contribution in [0.5, 0.6) is 0 Å². The summed E-state index contributed by atoms with van der Waals surface area (Å²) < 4.78 is 1.43. The number of hydrogen-bond donors (Lipinski definition) is 1. The molecule has 0 fully saturated rings. The number of aromatic nitrogens is 4. The molecular formula is C9H12N6O2S. The van der Waals surface area contributed by atoms with Gasteiger partial charge in [-0.3, -0.25) is 0 Å². The van der Waals surface area contributed by atoms with Gasteiger partial charge in [-0.05, 0) is 11.3 Å². The summed E-state index contributed by atoms with van der Waals surface area (Å²) >= 11 is 1.50. The molecule has 0 spiro atoms. The first kappa shape index (κ1) is 12.4. The summed E-state index contributed by atoms with van der Waals surface area (Å²) in [6.45, 7) is 3.39. The van der Waals surface area contributed by atoms with E-state index in [0.717, 1.165) is 23.0 Å². The molecule has 0 radical (unpaired) electrons. The van der Waals surface area contributed by atoms with Gasteiger partial charge < -0.3 is 15.4 Å². The Labute approximate surface area is 107 Å². The van der Waals surface area contributed by atoms with E-state index in [9.17, 15) is 10.1 Å². The Morgan fingerprint density at radius 2 is 2.39 bits per heavy atom. The van der Waals surface area contributed by atoms with Crippen molar-refractivity contribution in [2.24, 2.45) is 0 Å². The highest BCUT2D eigenvalue weighted by Gasteiger charge is 2.13. The second kappa shape index (κ2) is 5.54. The zero-order valence-electron chi connectivity index (χ0n) is 9.74. The van der Waals surface area contributed by atoms with Gasteiger partial charge in [0, 0.05) is 22.7 Å². The average Bonchev–Trinajstić information content (AvgIpc) is 2.96. The van der Waals surface area contributed by atoms with Crippen molar-refractivity contribution in [3.8, 4) is 0 Å². The zero-order valence-corrected chi connectivity index (χ0v) is 10.6. The molecule has 0 aliphatic rings. The molecule has 2 aromatic rings. The molecule has 1 N–H and O–H groups in total. The third-order valence-electron chi connectivity index (χ3n) is 2.09. The van der Waals surface area contributed by atoms with Crippen molar-refractivity contribution in [1.82, 2.24) is 19.7 Å². The first-order valence-corrected chi connectivity index (χ1v) is 6.23. The molecule has 9 heteroatoms. The number of nitrogens with one attached hydrogen (secondary N) is 1. The van der Waals surface area contributed by atoms with Crippen LogP contribution in [0.3, 0.4) is 0 Å². The first-order chi connectivity index (χ1) is 8.69. The normalized spacial score (nSPS) is 10.5. The molecule has 2 heterocycles. The van der Waals surface area contributed by atoms with Gasteiger partial charge in [-0.1, -0.05) is 11.9 Å². The predicted molar refractivity (Wildman–Crippen MR) is 66.7 cm³/mol. The maximum absolute atomic E-state index is 10.4. The lowest BCUT2D eigenvalue weighted by Crippen LogP contribution is -1.99. The lowest BCUT2D eigenvalue weighted by atomic mass is 10.5. The molecule has 0 atom stereocenters. The summed E-state index contributed by atoms with van der Waals surface area (Å²) in [7, 11) is 0. The molecule has 0 aromatic carbocycles. The quantitative estimate of drug-likeness (QED) is 0.629. The van der Waals surface area contributed by atoms with Crippen LogP contribution in [-0.2, 0) is 6.54 Å². The monoisotopic (exact) mass is 268 g/mol. The molecule has 2 aromatic heterocycles. The summed E-state index contributed by atoms with van der Waals surface area (Å²) in [4.78, 5) is 18.6. The molecule has 18 heavy (non-hydrogen) atoms. The second-order valence-electron chi connectivity index (χ2n) is 3.56. The molecule has 8 nitrogen and oxygen atoms in total. The first-order valence-electron chi connectivity index (χ1n) is 5.41. The Bertz CT molecular complexity index is 537. The topological polar surface area (TPSA) is 98.8 Å². The zero-order chi connectivity index (χ0) is 13.0. The van der Waals surface area contributed by atoms with Gasteiger partial charge in [-0.15, -0.1) is 11.3 Å². The molecule has 0 saturated carbocycles. The third kappa shape index (κ3) is 3.00. The van der Waals surface area contributed by atoms with Gasteiger partial charge in [0.1, 0.15) is 0 Å². The second-order valence-corrected chi connectivity index (χ2v) is 4.67. The van der Waals surface area contributed by atoms with Crippen LogP contribution in [-0.4, -0.2) is 31.2 Å². The molecule has 0 aliphatic heterocycles. The molecule has 0 saturated heterocycles. The van der Waals surface area contributed by atoms with Gasteiger partial charge in [0.15, 0.2) is 5.13 Å². The van der Waals surface area contributed by atoms with E-state index in [0.29, 0.717) is 6.54 Å². The highest BCUT2D eigenvalue weighted by Crippen LogP contribution is 2.18. The summed E-state index contributed by atoms with van der Waals surface area (Å²) in [5.41, 5.74) is 0. The lowest BCUT2D eigenvalue weighted by Gasteiger charge is -1.96. The van der Waals surface area contributed by atoms with E-state index >= 15 is 0 Å². The molecule has 0 aliphatic carbocycles. The SMILES string of the molecule is CCCNc1ncc(Cn2cnc([N+](=O)[O-])n2)s1. The van der Waals surface area contributed by atoms with Crippen LogP contribution in [0.25, 0.3) is 0 Å². The van der Waals surface area contributed by atoms with E-state index in [1.54, 1.807) is 6.20 Å². The standard InChI is InChI=1S/C9H12N6O2S/c1-2-3-10-9-11-4-7(18-9)5-14-6-12-8(13-14)15(16)17/h4,6H,2-3,5H2,1H3,(H,10,11). The number of nitro groups is 1. The summed E-state index contributed by atoms with van der Waals surface area (Å²) in [6.07, 6.45) is 4.11. The van der Waals surface area contributed by atoms with Crippen LogP contribution in [0, 0.1) is 10.1 Å². The van der Waals surface area contributed by atoms with Crippen LogP contribution >= 0.6 is 11.3 Å². The van der Waals surface area contributed by atoms with Gasteiger partial charge >= 0.3 is 5.95 Å². The maximum atomic E-state index is 10.4. The Hall–Kier alpha value is -2.03. The molecule has 2 rings (SSSR count). The van der Waals surface area contributed by atoms with Crippen molar-refractivity contribution >= 4 is 22.4 Å². The molecule has 0 bridgehead atoms. The van der Waals surface area contributed by atoms with E-state index < -0.39 is 4.92 Å². The van der Waals surface area contributed by atoms with E-state index in [1.807, 2.05) is 0 Å². The van der Waals surface area contributed by atoms with Crippen molar-refractivity contribution in [2.45, 2.75) is 19.9 Å². The highest BCUT2D eigenvalue weighted by atomic mass is 32.1. The largest absolute Gasteiger partial charge is 0.490 e. The fourth-order valence-corrected chi connectivity index (χ4v) is 2.13. The minimum absolute atomic E-state index is 0.385. The number of thiazole rings is 1. The van der Waals surface area contributed by atoms with Crippen LogP contribution in [0.15, 0.2) is 12.5 Å². The van der Waals surface area contributed by atoms with Crippen molar-refractivity contribution in [3.05, 3.63) is 27.5 Å². The number of anilines is 1. The number of nitrogens with zero attached hydrogens (tertiary/aromatic N) is 5. The summed E-state index contributed by atoms with van der Waals surface area (Å²) in [5.74, 6) is -0.385. The van der Waals surface area contributed by atoms with E-state index in [2.05, 4.69) is 27.3 Å². The summed E-state index contributed by atoms with van der Waals surface area (Å²) in [5, 5.41) is 18.2. The third-order valence-corrected chi connectivity index (χ3v) is 3.03. The average molecular weight is 268 g/mol. The van der Waals surface area contributed by atoms with E-state index in [-0.39, 0.29) is 5.95 Å². The Morgan fingerprint density at radius 1 is 1.56 bits per heavy atom. The van der Waals surface area contributed by atoms with E-state index in [1.165, 1.54) is 22.3 Å². The van der Waals surface area contributed by atoms with Crippen molar-refractivity contribution in [1.29, 1.82) is 0 Å². The Morgan fingerprint density at radius 3 is 3.06 bits per heavy atom. The fourth-order valence-electron chi connectivity index (χ4n) is 1.30. The van der Waals surface area contributed by atoms with Crippen LogP contribution in [0.1, 0.15) is 18.2 Å². The lowest BCUT2D eigenvalue weighted by molar-refractivity contribution is -0.394. The van der Waals surface area contributed by atoms with Gasteiger partial charge in [0.2, 0.25) is 6.33 Å². The van der Waals surface area contributed by atoms with Gasteiger partial charge in [-0.2, -0.15) is 4.68 Å². The summed E-state index contributed by atoms with van der Waals surface area (Å²) in [6, 6.07) is 0. The molecule has 96 valence electrons. The fraction of sp³-hybridized carbons (Fsp3) is 0.444. The van der Waals surface area contributed by atoms with Crippen molar-refractivity contribution < 1.29 is 4.92 Å². The molecule has 0 unspecified atom stereocenters. The molecule has 0 amide bonds. The Balaban J connectivity index is 1.99. The molecular weight excluding hydrogens is 256 g/mol.